The summed E-state index contributed by atoms with van der Waals surface area (Å²) >= 11 is 0. The highest BCUT2D eigenvalue weighted by Crippen LogP contribution is 2.47. The van der Waals surface area contributed by atoms with Gasteiger partial charge in [0.25, 0.3) is 0 Å². The molecule has 0 aromatic carbocycles. The number of carboxylic acids is 1. The van der Waals surface area contributed by atoms with Crippen LogP contribution in [0.25, 0.3) is 0 Å². The minimum Gasteiger partial charge on any atom is -0.477 e. The number of carbonyl (C=O) groups is 2. The highest BCUT2D eigenvalue weighted by molar-refractivity contribution is 5.99. The van der Waals surface area contributed by atoms with Crippen LogP contribution < -0.4 is 0 Å². The number of nitrogens with zero attached hydrogens (tertiary/aromatic N) is 2. The number of amidine groups is 1. The number of aliphatic hydroxyl groups excluding tert-OH is 2. The quantitative estimate of drug-likeness (QED) is 0.308. The second-order valence-electron chi connectivity index (χ2n) is 6.78. The standard InChI is InChI=1S/C16H23N3O5/c1-8(21)13-11-6-10(14(16(23)24)19(11)15(13)22)9-2-4-18(7-9)12(17)3-5-20/h8-9,11,13,17,20-21H,2-7H2,1H3,(H,23,24)/t8-,9-,11-,13-/m1/s1. The number of carboxylic acid groups (broad SMARTS) is 1. The highest BCUT2D eigenvalue weighted by atomic mass is 16.4. The number of aliphatic hydroxyl groups is 2. The normalized spacial score (nSPS) is 30.5. The van der Waals surface area contributed by atoms with Crippen LogP contribution in [0.3, 0.4) is 0 Å². The van der Waals surface area contributed by atoms with Gasteiger partial charge < -0.3 is 25.1 Å². The number of nitrogens with one attached hydrogen (secondary N) is 1. The van der Waals surface area contributed by atoms with Gasteiger partial charge in [0.1, 0.15) is 5.70 Å². The van der Waals surface area contributed by atoms with E-state index in [2.05, 4.69) is 0 Å². The van der Waals surface area contributed by atoms with Crippen LogP contribution in [0.4, 0.5) is 0 Å². The summed E-state index contributed by atoms with van der Waals surface area (Å²) < 4.78 is 0. The van der Waals surface area contributed by atoms with Gasteiger partial charge in [0.2, 0.25) is 5.91 Å². The lowest BCUT2D eigenvalue weighted by molar-refractivity contribution is -0.161. The molecule has 3 heterocycles. The summed E-state index contributed by atoms with van der Waals surface area (Å²) in [5.41, 5.74) is 0.825. The molecule has 0 saturated carbocycles. The van der Waals surface area contributed by atoms with Gasteiger partial charge in [-0.05, 0) is 25.3 Å². The van der Waals surface area contributed by atoms with Gasteiger partial charge >= 0.3 is 5.97 Å². The Bertz CT molecular complexity index is 615. The lowest BCUT2D eigenvalue weighted by Gasteiger charge is -2.44. The molecule has 3 aliphatic rings. The zero-order chi connectivity index (χ0) is 17.6. The minimum atomic E-state index is -1.10. The maximum atomic E-state index is 12.2. The third-order valence-electron chi connectivity index (χ3n) is 5.38. The van der Waals surface area contributed by atoms with E-state index in [9.17, 15) is 19.8 Å². The van der Waals surface area contributed by atoms with Gasteiger partial charge in [-0.3, -0.25) is 10.2 Å². The topological polar surface area (TPSA) is 125 Å². The summed E-state index contributed by atoms with van der Waals surface area (Å²) in [6.45, 7) is 2.67. The molecule has 3 aliphatic heterocycles. The van der Waals surface area contributed by atoms with Crippen molar-refractivity contribution >= 4 is 17.7 Å². The molecule has 0 aliphatic carbocycles. The largest absolute Gasteiger partial charge is 0.477 e. The molecule has 2 fully saturated rings. The predicted octanol–water partition coefficient (Wildman–Crippen LogP) is -0.382. The molecule has 0 unspecified atom stereocenters. The Balaban J connectivity index is 1.79. The van der Waals surface area contributed by atoms with Crippen molar-refractivity contribution in [2.45, 2.75) is 38.3 Å². The van der Waals surface area contributed by atoms with Gasteiger partial charge in [0.05, 0.1) is 30.5 Å². The van der Waals surface area contributed by atoms with Crippen molar-refractivity contribution in [3.05, 3.63) is 11.3 Å². The molecule has 132 valence electrons. The van der Waals surface area contributed by atoms with Crippen molar-refractivity contribution in [1.82, 2.24) is 9.80 Å². The van der Waals surface area contributed by atoms with Gasteiger partial charge in [-0.2, -0.15) is 0 Å². The van der Waals surface area contributed by atoms with Crippen LogP contribution in [0, 0.1) is 17.2 Å². The van der Waals surface area contributed by atoms with E-state index in [0.717, 1.165) is 12.0 Å². The molecule has 4 atom stereocenters. The lowest BCUT2D eigenvalue weighted by Crippen LogP contribution is -2.61. The molecule has 8 heteroatoms. The van der Waals surface area contributed by atoms with Crippen LogP contribution in [0.15, 0.2) is 11.3 Å². The molecular formula is C16H23N3O5. The second kappa shape index (κ2) is 6.18. The molecule has 0 aromatic rings. The van der Waals surface area contributed by atoms with Gasteiger partial charge in [0, 0.05) is 25.4 Å². The van der Waals surface area contributed by atoms with Gasteiger partial charge in [-0.1, -0.05) is 0 Å². The number of hydrogen-bond donors (Lipinski definition) is 4. The van der Waals surface area contributed by atoms with Crippen molar-refractivity contribution < 1.29 is 24.9 Å². The second-order valence-corrected chi connectivity index (χ2v) is 6.78. The smallest absolute Gasteiger partial charge is 0.352 e. The molecule has 0 aromatic heterocycles. The summed E-state index contributed by atoms with van der Waals surface area (Å²) in [5, 5.41) is 36.2. The number of aliphatic carboxylic acids is 1. The van der Waals surface area contributed by atoms with E-state index in [-0.39, 0.29) is 36.6 Å². The Hall–Kier alpha value is -1.93. The molecule has 2 saturated heterocycles. The van der Waals surface area contributed by atoms with E-state index in [1.165, 1.54) is 4.90 Å². The fourth-order valence-electron chi connectivity index (χ4n) is 4.22. The number of β-lactam (4-membered cyclic amide) rings is 1. The summed E-state index contributed by atoms with van der Waals surface area (Å²) in [7, 11) is 0. The van der Waals surface area contributed by atoms with Gasteiger partial charge in [-0.25, -0.2) is 4.79 Å². The van der Waals surface area contributed by atoms with Crippen LogP contribution in [0.2, 0.25) is 0 Å². The predicted molar refractivity (Wildman–Crippen MR) is 84.2 cm³/mol. The fraction of sp³-hybridized carbons (Fsp3) is 0.688. The highest BCUT2D eigenvalue weighted by Gasteiger charge is 2.57. The van der Waals surface area contributed by atoms with E-state index in [1.54, 1.807) is 6.92 Å². The fourth-order valence-corrected chi connectivity index (χ4v) is 4.22. The third kappa shape index (κ3) is 2.50. The van der Waals surface area contributed by atoms with Crippen LogP contribution in [-0.4, -0.2) is 74.7 Å². The average Bonchev–Trinajstić information content (AvgIpc) is 3.09. The molecule has 0 radical (unpaired) electrons. The van der Waals surface area contributed by atoms with E-state index >= 15 is 0 Å². The van der Waals surface area contributed by atoms with Crippen LogP contribution in [-0.2, 0) is 9.59 Å². The van der Waals surface area contributed by atoms with E-state index in [1.807, 2.05) is 4.90 Å². The average molecular weight is 337 g/mol. The first kappa shape index (κ1) is 16.9. The number of amides is 1. The van der Waals surface area contributed by atoms with Crippen LogP contribution in [0.5, 0.6) is 0 Å². The molecule has 1 amide bonds. The van der Waals surface area contributed by atoms with Crippen molar-refractivity contribution in [2.24, 2.45) is 11.8 Å². The minimum absolute atomic E-state index is 0.0109. The van der Waals surface area contributed by atoms with E-state index < -0.39 is 18.0 Å². The Labute approximate surface area is 139 Å². The van der Waals surface area contributed by atoms with E-state index in [4.69, 9.17) is 10.5 Å². The van der Waals surface area contributed by atoms with Crippen molar-refractivity contribution in [3.8, 4) is 0 Å². The maximum absolute atomic E-state index is 12.2. The first-order valence-electron chi connectivity index (χ1n) is 8.27. The molecule has 8 nitrogen and oxygen atoms in total. The van der Waals surface area contributed by atoms with Crippen LogP contribution >= 0.6 is 0 Å². The molecular weight excluding hydrogens is 314 g/mol. The SMILES string of the molecule is C[C@@H](O)[C@H]1C(=O)N2C(C(=O)O)=C([C@@H]3CCN(C(=N)CCO)C3)C[C@H]12. The van der Waals surface area contributed by atoms with Crippen molar-refractivity contribution in [1.29, 1.82) is 5.41 Å². The number of likely N-dealkylation sites (tertiary alicyclic amines) is 1. The number of carbonyl (C=O) groups excluding carboxylic acids is 1. The zero-order valence-electron chi connectivity index (χ0n) is 13.6. The maximum Gasteiger partial charge on any atom is 0.352 e. The molecule has 4 N–H and O–H groups in total. The first-order valence-corrected chi connectivity index (χ1v) is 8.27. The van der Waals surface area contributed by atoms with Gasteiger partial charge in [0.15, 0.2) is 0 Å². The Morgan fingerprint density at radius 1 is 1.46 bits per heavy atom. The first-order chi connectivity index (χ1) is 11.4. The number of fused-ring (bicyclic) bond motifs is 1. The van der Waals surface area contributed by atoms with Crippen LogP contribution in [0.1, 0.15) is 26.2 Å². The monoisotopic (exact) mass is 337 g/mol. The Morgan fingerprint density at radius 2 is 2.17 bits per heavy atom. The Kier molecular flexibility index (Phi) is 4.35. The van der Waals surface area contributed by atoms with E-state index in [0.29, 0.717) is 25.3 Å². The molecule has 3 rings (SSSR count). The number of rotatable bonds is 5. The van der Waals surface area contributed by atoms with Gasteiger partial charge in [-0.15, -0.1) is 0 Å². The summed E-state index contributed by atoms with van der Waals surface area (Å²) in [5.74, 6) is -1.60. The third-order valence-corrected chi connectivity index (χ3v) is 5.38. The van der Waals surface area contributed by atoms with Crippen molar-refractivity contribution in [3.63, 3.8) is 0 Å². The number of hydrogen-bond acceptors (Lipinski definition) is 5. The molecule has 0 spiro atoms. The zero-order valence-corrected chi connectivity index (χ0v) is 13.6. The Morgan fingerprint density at radius 3 is 2.75 bits per heavy atom. The summed E-state index contributed by atoms with van der Waals surface area (Å²) in [4.78, 5) is 27.1. The molecule has 0 bridgehead atoms. The summed E-state index contributed by atoms with van der Waals surface area (Å²) in [6, 6.07) is -0.260. The summed E-state index contributed by atoms with van der Waals surface area (Å²) in [6.07, 6.45) is 0.712. The van der Waals surface area contributed by atoms with Crippen molar-refractivity contribution in [2.75, 3.05) is 19.7 Å². The molecule has 24 heavy (non-hydrogen) atoms. The lowest BCUT2D eigenvalue weighted by atomic mass is 9.82.